The third-order valence-electron chi connectivity index (χ3n) is 2.96. The lowest BCUT2D eigenvalue weighted by Gasteiger charge is -2.37. The van der Waals surface area contributed by atoms with E-state index in [1.54, 1.807) is 0 Å². The predicted octanol–water partition coefficient (Wildman–Crippen LogP) is 1.90. The molecule has 0 atom stereocenters. The molecule has 1 aliphatic carbocycles. The Bertz CT molecular complexity index is 303. The number of carbonyl (C=O) groups excluding carboxylic acids is 1. The fourth-order valence-electron chi connectivity index (χ4n) is 1.77. The number of hydrogen-bond donors (Lipinski definition) is 1. The maximum absolute atomic E-state index is 10.9. The quantitative estimate of drug-likeness (QED) is 0.733. The van der Waals surface area contributed by atoms with Crippen molar-refractivity contribution in [2.75, 3.05) is 0 Å². The van der Waals surface area contributed by atoms with E-state index in [-0.39, 0.29) is 5.54 Å². The van der Waals surface area contributed by atoms with Crippen molar-refractivity contribution < 1.29 is 4.79 Å². The lowest BCUT2D eigenvalue weighted by atomic mass is 9.78. The van der Waals surface area contributed by atoms with E-state index in [1.165, 1.54) is 12.0 Å². The van der Waals surface area contributed by atoms with Crippen molar-refractivity contribution >= 4 is 6.29 Å². The van der Waals surface area contributed by atoms with Crippen molar-refractivity contribution in [1.82, 2.24) is 5.32 Å². The van der Waals surface area contributed by atoms with Crippen LogP contribution in [0.3, 0.4) is 0 Å². The largest absolute Gasteiger partial charge is 0.301 e. The molecule has 0 heterocycles. The summed E-state index contributed by atoms with van der Waals surface area (Å²) in [6.45, 7) is 0.791. The molecule has 0 aromatic heterocycles. The highest BCUT2D eigenvalue weighted by Gasteiger charge is 2.35. The summed E-state index contributed by atoms with van der Waals surface area (Å²) < 4.78 is 0. The van der Waals surface area contributed by atoms with Crippen LogP contribution in [-0.2, 0) is 11.3 Å². The molecule has 1 N–H and O–H groups in total. The van der Waals surface area contributed by atoms with Gasteiger partial charge in [0.2, 0.25) is 0 Å². The Morgan fingerprint density at radius 3 is 2.50 bits per heavy atom. The average Bonchev–Trinajstić information content (AvgIpc) is 2.19. The molecule has 0 radical (unpaired) electrons. The second-order valence-corrected chi connectivity index (χ2v) is 3.97. The van der Waals surface area contributed by atoms with E-state index in [9.17, 15) is 4.79 Å². The van der Waals surface area contributed by atoms with Crippen LogP contribution < -0.4 is 5.32 Å². The number of carbonyl (C=O) groups is 1. The molecule has 0 amide bonds. The van der Waals surface area contributed by atoms with Crippen LogP contribution in [0.25, 0.3) is 0 Å². The van der Waals surface area contributed by atoms with Crippen LogP contribution in [0.2, 0.25) is 0 Å². The Hall–Kier alpha value is -1.15. The van der Waals surface area contributed by atoms with Crippen LogP contribution >= 0.6 is 0 Å². The van der Waals surface area contributed by atoms with E-state index in [0.717, 1.165) is 25.7 Å². The maximum Gasteiger partial charge on any atom is 0.140 e. The van der Waals surface area contributed by atoms with Gasteiger partial charge in [0, 0.05) is 6.54 Å². The van der Waals surface area contributed by atoms with E-state index >= 15 is 0 Å². The van der Waals surface area contributed by atoms with Crippen molar-refractivity contribution in [3.05, 3.63) is 35.9 Å². The van der Waals surface area contributed by atoms with E-state index in [4.69, 9.17) is 0 Å². The number of nitrogens with one attached hydrogen (secondary N) is 1. The van der Waals surface area contributed by atoms with Crippen molar-refractivity contribution in [2.24, 2.45) is 0 Å². The smallest absolute Gasteiger partial charge is 0.140 e. The normalized spacial score (nSPS) is 18.6. The van der Waals surface area contributed by atoms with E-state index < -0.39 is 0 Å². The fourth-order valence-corrected chi connectivity index (χ4v) is 1.77. The SMILES string of the molecule is O=CC1(NCc2ccccc2)CCC1. The molecule has 1 fully saturated rings. The van der Waals surface area contributed by atoms with Crippen LogP contribution in [0.4, 0.5) is 0 Å². The maximum atomic E-state index is 10.9. The van der Waals surface area contributed by atoms with E-state index in [0.29, 0.717) is 0 Å². The van der Waals surface area contributed by atoms with Crippen LogP contribution in [0.15, 0.2) is 30.3 Å². The van der Waals surface area contributed by atoms with Gasteiger partial charge in [0.15, 0.2) is 0 Å². The summed E-state index contributed by atoms with van der Waals surface area (Å²) in [5.74, 6) is 0. The molecule has 2 rings (SSSR count). The zero-order valence-corrected chi connectivity index (χ0v) is 8.20. The van der Waals surface area contributed by atoms with Gasteiger partial charge in [-0.2, -0.15) is 0 Å². The van der Waals surface area contributed by atoms with Gasteiger partial charge in [0.1, 0.15) is 6.29 Å². The zero-order valence-electron chi connectivity index (χ0n) is 8.20. The molecular weight excluding hydrogens is 174 g/mol. The Morgan fingerprint density at radius 1 is 1.29 bits per heavy atom. The molecule has 14 heavy (non-hydrogen) atoms. The van der Waals surface area contributed by atoms with Gasteiger partial charge in [-0.05, 0) is 24.8 Å². The minimum Gasteiger partial charge on any atom is -0.301 e. The third-order valence-corrected chi connectivity index (χ3v) is 2.96. The highest BCUT2D eigenvalue weighted by molar-refractivity contribution is 5.65. The number of benzene rings is 1. The third kappa shape index (κ3) is 1.85. The molecule has 0 spiro atoms. The summed E-state index contributed by atoms with van der Waals surface area (Å²) in [6, 6.07) is 10.2. The first-order chi connectivity index (χ1) is 6.85. The molecule has 2 nitrogen and oxygen atoms in total. The fraction of sp³-hybridized carbons (Fsp3) is 0.417. The molecule has 1 aromatic carbocycles. The molecule has 0 saturated heterocycles. The molecule has 2 heteroatoms. The Morgan fingerprint density at radius 2 is 2.00 bits per heavy atom. The lowest BCUT2D eigenvalue weighted by molar-refractivity contribution is -0.116. The van der Waals surface area contributed by atoms with E-state index in [2.05, 4.69) is 17.4 Å². The Labute approximate surface area is 84.3 Å². The van der Waals surface area contributed by atoms with Gasteiger partial charge in [0.05, 0.1) is 5.54 Å². The molecule has 1 aliphatic rings. The van der Waals surface area contributed by atoms with Gasteiger partial charge in [-0.3, -0.25) is 0 Å². The topological polar surface area (TPSA) is 29.1 Å². The van der Waals surface area contributed by atoms with Crippen molar-refractivity contribution in [1.29, 1.82) is 0 Å². The predicted molar refractivity (Wildman–Crippen MR) is 55.9 cm³/mol. The van der Waals surface area contributed by atoms with Crippen molar-refractivity contribution in [2.45, 2.75) is 31.3 Å². The number of rotatable bonds is 4. The molecule has 74 valence electrons. The first-order valence-electron chi connectivity index (χ1n) is 5.10. The monoisotopic (exact) mass is 189 g/mol. The minimum absolute atomic E-state index is 0.212. The zero-order chi connectivity index (χ0) is 9.86. The van der Waals surface area contributed by atoms with Gasteiger partial charge in [-0.25, -0.2) is 0 Å². The summed E-state index contributed by atoms with van der Waals surface area (Å²) in [5, 5.41) is 3.33. The summed E-state index contributed by atoms with van der Waals surface area (Å²) in [5.41, 5.74) is 1.02. The van der Waals surface area contributed by atoms with Crippen LogP contribution in [0.1, 0.15) is 24.8 Å². The second-order valence-electron chi connectivity index (χ2n) is 3.97. The second kappa shape index (κ2) is 3.93. The van der Waals surface area contributed by atoms with Crippen LogP contribution in [0.5, 0.6) is 0 Å². The van der Waals surface area contributed by atoms with Gasteiger partial charge < -0.3 is 10.1 Å². The lowest BCUT2D eigenvalue weighted by Crippen LogP contribution is -2.51. The van der Waals surface area contributed by atoms with Crippen LogP contribution in [0, 0.1) is 0 Å². The molecule has 1 aromatic rings. The highest BCUT2D eigenvalue weighted by atomic mass is 16.1. The first kappa shape index (κ1) is 9.41. The highest BCUT2D eigenvalue weighted by Crippen LogP contribution is 2.29. The van der Waals surface area contributed by atoms with Gasteiger partial charge in [-0.15, -0.1) is 0 Å². The molecule has 0 aliphatic heterocycles. The van der Waals surface area contributed by atoms with Gasteiger partial charge in [-0.1, -0.05) is 30.3 Å². The Balaban J connectivity index is 1.91. The number of hydrogen-bond acceptors (Lipinski definition) is 2. The molecule has 1 saturated carbocycles. The van der Waals surface area contributed by atoms with Gasteiger partial charge in [0.25, 0.3) is 0 Å². The summed E-state index contributed by atoms with van der Waals surface area (Å²) in [6.07, 6.45) is 4.21. The average molecular weight is 189 g/mol. The molecule has 0 bridgehead atoms. The van der Waals surface area contributed by atoms with E-state index in [1.807, 2.05) is 18.2 Å². The van der Waals surface area contributed by atoms with Crippen LogP contribution in [-0.4, -0.2) is 11.8 Å². The molecular formula is C12H15NO. The minimum atomic E-state index is -0.212. The molecule has 0 unspecified atom stereocenters. The summed E-state index contributed by atoms with van der Waals surface area (Å²) in [4.78, 5) is 10.9. The first-order valence-corrected chi connectivity index (χ1v) is 5.10. The van der Waals surface area contributed by atoms with Gasteiger partial charge >= 0.3 is 0 Å². The number of aldehydes is 1. The van der Waals surface area contributed by atoms with Crippen molar-refractivity contribution in [3.8, 4) is 0 Å². The Kier molecular flexibility index (Phi) is 2.64. The summed E-state index contributed by atoms with van der Waals surface area (Å²) in [7, 11) is 0. The standard InChI is InChI=1S/C12H15NO/c14-10-12(7-4-8-12)13-9-11-5-2-1-3-6-11/h1-3,5-6,10,13H,4,7-9H2. The summed E-state index contributed by atoms with van der Waals surface area (Å²) >= 11 is 0. The van der Waals surface area contributed by atoms with Crippen molar-refractivity contribution in [3.63, 3.8) is 0 Å².